The van der Waals surface area contributed by atoms with Crippen LogP contribution in [0.15, 0.2) is 18.7 Å². The number of aldehydes is 1. The van der Waals surface area contributed by atoms with E-state index in [9.17, 15) is 4.79 Å². The van der Waals surface area contributed by atoms with Crippen LogP contribution < -0.4 is 0 Å². The minimum Gasteiger partial charge on any atom is -0.329 e. The monoisotopic (exact) mass is 221 g/mol. The molecule has 0 amide bonds. The summed E-state index contributed by atoms with van der Waals surface area (Å²) in [5, 5.41) is 0.850. The summed E-state index contributed by atoms with van der Waals surface area (Å²) in [5.74, 6) is 0. The predicted molar refractivity (Wildman–Crippen MR) is 59.0 cm³/mol. The van der Waals surface area contributed by atoms with E-state index in [2.05, 4.69) is 16.9 Å². The summed E-state index contributed by atoms with van der Waals surface area (Å²) in [6.07, 6.45) is 7.04. The Kier molecular flexibility index (Phi) is 2.91. The Bertz CT molecular complexity index is 461. The Balaban J connectivity index is 2.35. The molecule has 0 fully saturated rings. The third-order valence-corrected chi connectivity index (χ3v) is 2.98. The average Bonchev–Trinajstić information content (AvgIpc) is 2.85. The zero-order valence-electron chi connectivity index (χ0n) is 8.38. The molecule has 0 aliphatic carbocycles. The van der Waals surface area contributed by atoms with Gasteiger partial charge in [-0.15, -0.1) is 11.3 Å². The maximum atomic E-state index is 10.5. The van der Waals surface area contributed by atoms with Crippen molar-refractivity contribution < 1.29 is 4.79 Å². The van der Waals surface area contributed by atoms with E-state index in [0.717, 1.165) is 30.0 Å². The van der Waals surface area contributed by atoms with Crippen molar-refractivity contribution in [3.8, 4) is 10.7 Å². The highest BCUT2D eigenvalue weighted by Gasteiger charge is 2.08. The van der Waals surface area contributed by atoms with E-state index in [1.54, 1.807) is 18.7 Å². The summed E-state index contributed by atoms with van der Waals surface area (Å²) in [6.45, 7) is 3.04. The Morgan fingerprint density at radius 1 is 1.53 bits per heavy atom. The predicted octanol–water partition coefficient (Wildman–Crippen LogP) is 2.23. The van der Waals surface area contributed by atoms with Gasteiger partial charge in [-0.25, -0.2) is 9.97 Å². The lowest BCUT2D eigenvalue weighted by Crippen LogP contribution is -1.96. The van der Waals surface area contributed by atoms with Crippen LogP contribution in [0.4, 0.5) is 0 Å². The normalized spacial score (nSPS) is 10.5. The van der Waals surface area contributed by atoms with Gasteiger partial charge in [-0.3, -0.25) is 4.79 Å². The van der Waals surface area contributed by atoms with Crippen LogP contribution in [0.1, 0.15) is 23.0 Å². The van der Waals surface area contributed by atoms with Crippen LogP contribution in [-0.4, -0.2) is 20.8 Å². The molecular formula is C10H11N3OS. The fourth-order valence-corrected chi connectivity index (χ4v) is 2.13. The van der Waals surface area contributed by atoms with Crippen LogP contribution in [0, 0.1) is 0 Å². The van der Waals surface area contributed by atoms with E-state index < -0.39 is 0 Å². The zero-order chi connectivity index (χ0) is 10.7. The molecule has 0 saturated carbocycles. The van der Waals surface area contributed by atoms with Gasteiger partial charge in [0, 0.05) is 12.7 Å². The Morgan fingerprint density at radius 3 is 3.07 bits per heavy atom. The highest BCUT2D eigenvalue weighted by molar-refractivity contribution is 7.16. The van der Waals surface area contributed by atoms with Crippen molar-refractivity contribution in [2.24, 2.45) is 0 Å². The van der Waals surface area contributed by atoms with Crippen molar-refractivity contribution in [3.63, 3.8) is 0 Å². The second-order valence-corrected chi connectivity index (χ2v) is 4.22. The highest BCUT2D eigenvalue weighted by atomic mass is 32.1. The van der Waals surface area contributed by atoms with Crippen LogP contribution in [0.5, 0.6) is 0 Å². The van der Waals surface area contributed by atoms with Gasteiger partial charge in [0.15, 0.2) is 6.29 Å². The second kappa shape index (κ2) is 4.35. The van der Waals surface area contributed by atoms with Gasteiger partial charge in [0.25, 0.3) is 0 Å². The molecule has 0 aliphatic rings. The van der Waals surface area contributed by atoms with E-state index in [-0.39, 0.29) is 0 Å². The molecule has 2 aromatic heterocycles. The van der Waals surface area contributed by atoms with E-state index in [1.807, 2.05) is 4.57 Å². The molecule has 0 aliphatic heterocycles. The molecule has 0 spiro atoms. The SMILES string of the molecule is CCCn1cncc1-c1ncc(C=O)s1. The standard InChI is InChI=1S/C10H11N3OS/c1-2-3-13-7-11-5-9(13)10-12-4-8(6-14)15-10/h4-7H,2-3H2,1H3. The number of aryl methyl sites for hydroxylation is 1. The van der Waals surface area contributed by atoms with E-state index in [0.29, 0.717) is 4.88 Å². The number of rotatable bonds is 4. The summed E-state index contributed by atoms with van der Waals surface area (Å²) in [6, 6.07) is 0. The Hall–Kier alpha value is -1.49. The van der Waals surface area contributed by atoms with Crippen molar-refractivity contribution in [1.82, 2.24) is 14.5 Å². The molecule has 0 N–H and O–H groups in total. The maximum absolute atomic E-state index is 10.5. The first-order valence-electron chi connectivity index (χ1n) is 4.76. The molecule has 15 heavy (non-hydrogen) atoms. The minimum atomic E-state index is 0.647. The Labute approximate surface area is 91.6 Å². The number of thiazole rings is 1. The fraction of sp³-hybridized carbons (Fsp3) is 0.300. The summed E-state index contributed by atoms with van der Waals surface area (Å²) in [4.78, 5) is 19.5. The molecule has 2 heterocycles. The first-order chi connectivity index (χ1) is 7.35. The number of carbonyl (C=O) groups is 1. The summed E-state index contributed by atoms with van der Waals surface area (Å²) >= 11 is 1.39. The lowest BCUT2D eigenvalue weighted by Gasteiger charge is -2.02. The molecule has 0 saturated heterocycles. The quantitative estimate of drug-likeness (QED) is 0.744. The molecule has 0 bridgehead atoms. The van der Waals surface area contributed by atoms with Crippen LogP contribution in [-0.2, 0) is 6.54 Å². The van der Waals surface area contributed by atoms with Crippen LogP contribution >= 0.6 is 11.3 Å². The highest BCUT2D eigenvalue weighted by Crippen LogP contribution is 2.23. The average molecular weight is 221 g/mol. The molecule has 2 rings (SSSR count). The first kappa shape index (κ1) is 10.0. The van der Waals surface area contributed by atoms with Crippen LogP contribution in [0.2, 0.25) is 0 Å². The lowest BCUT2D eigenvalue weighted by atomic mass is 10.4. The molecule has 0 unspecified atom stereocenters. The molecule has 0 aromatic carbocycles. The lowest BCUT2D eigenvalue weighted by molar-refractivity contribution is 0.112. The van der Waals surface area contributed by atoms with E-state index >= 15 is 0 Å². The van der Waals surface area contributed by atoms with E-state index in [1.165, 1.54) is 11.3 Å². The summed E-state index contributed by atoms with van der Waals surface area (Å²) < 4.78 is 2.05. The van der Waals surface area contributed by atoms with E-state index in [4.69, 9.17) is 0 Å². The van der Waals surface area contributed by atoms with Gasteiger partial charge in [-0.1, -0.05) is 6.92 Å². The van der Waals surface area contributed by atoms with Gasteiger partial charge in [0.1, 0.15) is 5.01 Å². The fourth-order valence-electron chi connectivity index (χ4n) is 1.38. The van der Waals surface area contributed by atoms with Crippen LogP contribution in [0.25, 0.3) is 10.7 Å². The topological polar surface area (TPSA) is 47.8 Å². The number of nitrogens with zero attached hydrogens (tertiary/aromatic N) is 3. The van der Waals surface area contributed by atoms with Crippen molar-refractivity contribution in [3.05, 3.63) is 23.6 Å². The number of hydrogen-bond acceptors (Lipinski definition) is 4. The zero-order valence-corrected chi connectivity index (χ0v) is 9.20. The number of hydrogen-bond donors (Lipinski definition) is 0. The second-order valence-electron chi connectivity index (χ2n) is 3.16. The third-order valence-electron chi connectivity index (χ3n) is 2.04. The molecule has 0 atom stereocenters. The van der Waals surface area contributed by atoms with Gasteiger partial charge in [-0.05, 0) is 6.42 Å². The van der Waals surface area contributed by atoms with Crippen molar-refractivity contribution >= 4 is 17.6 Å². The number of imidazole rings is 1. The van der Waals surface area contributed by atoms with Gasteiger partial charge >= 0.3 is 0 Å². The number of aromatic nitrogens is 3. The van der Waals surface area contributed by atoms with Gasteiger partial charge < -0.3 is 4.57 Å². The Morgan fingerprint density at radius 2 is 2.40 bits per heavy atom. The smallest absolute Gasteiger partial charge is 0.161 e. The molecule has 2 aromatic rings. The molecule has 78 valence electrons. The number of carbonyl (C=O) groups excluding carboxylic acids is 1. The molecular weight excluding hydrogens is 210 g/mol. The van der Waals surface area contributed by atoms with Crippen molar-refractivity contribution in [2.75, 3.05) is 0 Å². The van der Waals surface area contributed by atoms with Crippen molar-refractivity contribution in [2.45, 2.75) is 19.9 Å². The molecule has 4 nitrogen and oxygen atoms in total. The molecule has 5 heteroatoms. The molecule has 0 radical (unpaired) electrons. The minimum absolute atomic E-state index is 0.647. The summed E-state index contributed by atoms with van der Waals surface area (Å²) in [7, 11) is 0. The maximum Gasteiger partial charge on any atom is 0.161 e. The summed E-state index contributed by atoms with van der Waals surface area (Å²) in [5.41, 5.74) is 0.981. The van der Waals surface area contributed by atoms with Gasteiger partial charge in [0.2, 0.25) is 0 Å². The third kappa shape index (κ3) is 1.97. The first-order valence-corrected chi connectivity index (χ1v) is 5.58. The van der Waals surface area contributed by atoms with Gasteiger partial charge in [-0.2, -0.15) is 0 Å². The van der Waals surface area contributed by atoms with Crippen LogP contribution in [0.3, 0.4) is 0 Å². The largest absolute Gasteiger partial charge is 0.329 e. The van der Waals surface area contributed by atoms with Crippen molar-refractivity contribution in [1.29, 1.82) is 0 Å². The van der Waals surface area contributed by atoms with Gasteiger partial charge in [0.05, 0.1) is 23.1 Å².